The SMILES string of the molecule is C1COC2COC(C1)C2. The van der Waals surface area contributed by atoms with E-state index in [1.54, 1.807) is 0 Å². The van der Waals surface area contributed by atoms with Gasteiger partial charge in [-0.05, 0) is 12.8 Å². The van der Waals surface area contributed by atoms with Crippen LogP contribution in [-0.4, -0.2) is 25.4 Å². The Morgan fingerprint density at radius 3 is 3.11 bits per heavy atom. The molecule has 2 nitrogen and oxygen atoms in total. The lowest BCUT2D eigenvalue weighted by molar-refractivity contribution is 0.0159. The van der Waals surface area contributed by atoms with Crippen molar-refractivity contribution in [1.29, 1.82) is 0 Å². The van der Waals surface area contributed by atoms with Crippen molar-refractivity contribution in [3.8, 4) is 0 Å². The maximum absolute atomic E-state index is 5.47. The van der Waals surface area contributed by atoms with Gasteiger partial charge in [-0.3, -0.25) is 0 Å². The van der Waals surface area contributed by atoms with E-state index in [1.165, 1.54) is 12.8 Å². The van der Waals surface area contributed by atoms with Crippen LogP contribution in [0.5, 0.6) is 0 Å². The van der Waals surface area contributed by atoms with Crippen molar-refractivity contribution < 1.29 is 9.47 Å². The molecule has 0 amide bonds. The number of ether oxygens (including phenoxy) is 2. The quantitative estimate of drug-likeness (QED) is 0.483. The molecule has 2 bridgehead atoms. The molecule has 0 aromatic heterocycles. The van der Waals surface area contributed by atoms with Gasteiger partial charge in [0.2, 0.25) is 0 Å². The Morgan fingerprint density at radius 1 is 1.11 bits per heavy atom. The topological polar surface area (TPSA) is 18.5 Å². The summed E-state index contributed by atoms with van der Waals surface area (Å²) in [6.45, 7) is 1.79. The number of rotatable bonds is 0. The summed E-state index contributed by atoms with van der Waals surface area (Å²) in [6, 6.07) is 0. The van der Waals surface area contributed by atoms with E-state index in [-0.39, 0.29) is 0 Å². The van der Waals surface area contributed by atoms with Gasteiger partial charge in [0, 0.05) is 13.0 Å². The van der Waals surface area contributed by atoms with Gasteiger partial charge in [-0.2, -0.15) is 0 Å². The minimum atomic E-state index is 0.428. The Morgan fingerprint density at radius 2 is 2.11 bits per heavy atom. The van der Waals surface area contributed by atoms with Crippen molar-refractivity contribution in [2.45, 2.75) is 31.5 Å². The molecule has 2 rings (SSSR count). The molecule has 52 valence electrons. The monoisotopic (exact) mass is 128 g/mol. The molecule has 2 atom stereocenters. The normalized spacial score (nSPS) is 42.7. The van der Waals surface area contributed by atoms with Crippen LogP contribution in [-0.2, 0) is 9.47 Å². The number of hydrogen-bond donors (Lipinski definition) is 0. The van der Waals surface area contributed by atoms with Crippen LogP contribution in [0, 0.1) is 0 Å². The van der Waals surface area contributed by atoms with Crippen LogP contribution in [0.4, 0.5) is 0 Å². The lowest BCUT2D eigenvalue weighted by Gasteiger charge is -2.08. The van der Waals surface area contributed by atoms with Gasteiger partial charge in [0.25, 0.3) is 0 Å². The second-order valence-corrected chi connectivity index (χ2v) is 2.83. The van der Waals surface area contributed by atoms with Gasteiger partial charge >= 0.3 is 0 Å². The van der Waals surface area contributed by atoms with E-state index in [0.717, 1.165) is 19.6 Å². The van der Waals surface area contributed by atoms with E-state index in [9.17, 15) is 0 Å². The molecule has 2 unspecified atom stereocenters. The molecule has 0 spiro atoms. The lowest BCUT2D eigenvalue weighted by atomic mass is 10.1. The van der Waals surface area contributed by atoms with E-state index in [0.29, 0.717) is 12.2 Å². The summed E-state index contributed by atoms with van der Waals surface area (Å²) < 4.78 is 10.9. The van der Waals surface area contributed by atoms with Gasteiger partial charge in [-0.1, -0.05) is 0 Å². The van der Waals surface area contributed by atoms with Crippen LogP contribution in [0.25, 0.3) is 0 Å². The molecule has 0 radical (unpaired) electrons. The highest BCUT2D eigenvalue weighted by Crippen LogP contribution is 2.23. The Balaban J connectivity index is 1.99. The average molecular weight is 128 g/mol. The zero-order valence-electron chi connectivity index (χ0n) is 5.51. The summed E-state index contributed by atoms with van der Waals surface area (Å²) in [4.78, 5) is 0. The van der Waals surface area contributed by atoms with Crippen molar-refractivity contribution >= 4 is 0 Å². The number of hydrogen-bond acceptors (Lipinski definition) is 2. The summed E-state index contributed by atoms with van der Waals surface area (Å²) >= 11 is 0. The van der Waals surface area contributed by atoms with Gasteiger partial charge in [-0.25, -0.2) is 0 Å². The summed E-state index contributed by atoms with van der Waals surface area (Å²) in [7, 11) is 0. The Kier molecular flexibility index (Phi) is 1.44. The maximum atomic E-state index is 5.47. The fourth-order valence-electron chi connectivity index (χ4n) is 1.55. The van der Waals surface area contributed by atoms with Crippen molar-refractivity contribution in [3.05, 3.63) is 0 Å². The van der Waals surface area contributed by atoms with Crippen molar-refractivity contribution in [1.82, 2.24) is 0 Å². The van der Waals surface area contributed by atoms with Crippen molar-refractivity contribution in [2.24, 2.45) is 0 Å². The van der Waals surface area contributed by atoms with E-state index in [4.69, 9.17) is 9.47 Å². The van der Waals surface area contributed by atoms with E-state index >= 15 is 0 Å². The second-order valence-electron chi connectivity index (χ2n) is 2.83. The van der Waals surface area contributed by atoms with Gasteiger partial charge in [0.1, 0.15) is 0 Å². The first-order valence-corrected chi connectivity index (χ1v) is 3.68. The first-order valence-electron chi connectivity index (χ1n) is 3.68. The van der Waals surface area contributed by atoms with Crippen LogP contribution in [0.2, 0.25) is 0 Å². The van der Waals surface area contributed by atoms with Crippen LogP contribution < -0.4 is 0 Å². The molecule has 2 aliphatic rings. The predicted molar refractivity (Wildman–Crippen MR) is 33.3 cm³/mol. The number of fused-ring (bicyclic) bond motifs is 2. The molecule has 0 N–H and O–H groups in total. The summed E-state index contributed by atoms with van der Waals surface area (Å²) in [5.74, 6) is 0. The molecule has 2 heterocycles. The third kappa shape index (κ3) is 1.10. The fraction of sp³-hybridized carbons (Fsp3) is 1.00. The van der Waals surface area contributed by atoms with Gasteiger partial charge in [-0.15, -0.1) is 0 Å². The van der Waals surface area contributed by atoms with Gasteiger partial charge in [0.15, 0.2) is 0 Å². The Labute approximate surface area is 55.1 Å². The molecule has 0 aliphatic carbocycles. The van der Waals surface area contributed by atoms with Crippen LogP contribution >= 0.6 is 0 Å². The Hall–Kier alpha value is -0.0800. The predicted octanol–water partition coefficient (Wildman–Crippen LogP) is 0.954. The van der Waals surface area contributed by atoms with Crippen LogP contribution in [0.3, 0.4) is 0 Å². The molecule has 2 heteroatoms. The first-order chi connectivity index (χ1) is 4.45. The Bertz CT molecular complexity index is 91.1. The molecule has 9 heavy (non-hydrogen) atoms. The molecule has 2 saturated heterocycles. The molecular weight excluding hydrogens is 116 g/mol. The van der Waals surface area contributed by atoms with Crippen LogP contribution in [0.15, 0.2) is 0 Å². The lowest BCUT2D eigenvalue weighted by Crippen LogP contribution is -2.12. The first kappa shape index (κ1) is 5.69. The largest absolute Gasteiger partial charge is 0.376 e. The van der Waals surface area contributed by atoms with Gasteiger partial charge < -0.3 is 9.47 Å². The average Bonchev–Trinajstić information content (AvgIpc) is 2.09. The highest BCUT2D eigenvalue weighted by atomic mass is 16.6. The summed E-state index contributed by atoms with van der Waals surface area (Å²) in [5.41, 5.74) is 0. The summed E-state index contributed by atoms with van der Waals surface area (Å²) in [6.07, 6.45) is 4.48. The third-order valence-corrected chi connectivity index (χ3v) is 2.07. The molecule has 0 aromatic rings. The standard InChI is InChI=1S/C7H12O2/c1-2-6-4-7(5-9-6)8-3-1/h6-7H,1-5H2. The minimum absolute atomic E-state index is 0.428. The van der Waals surface area contributed by atoms with Crippen molar-refractivity contribution in [2.75, 3.05) is 13.2 Å². The zero-order chi connectivity index (χ0) is 6.10. The molecular formula is C7H12O2. The highest BCUT2D eigenvalue weighted by Gasteiger charge is 2.27. The van der Waals surface area contributed by atoms with E-state index in [2.05, 4.69) is 0 Å². The van der Waals surface area contributed by atoms with Crippen molar-refractivity contribution in [3.63, 3.8) is 0 Å². The summed E-state index contributed by atoms with van der Waals surface area (Å²) in [5, 5.41) is 0. The maximum Gasteiger partial charge on any atom is 0.0833 e. The molecule has 0 aromatic carbocycles. The van der Waals surface area contributed by atoms with Crippen LogP contribution in [0.1, 0.15) is 19.3 Å². The van der Waals surface area contributed by atoms with E-state index < -0.39 is 0 Å². The molecule has 2 aliphatic heterocycles. The molecule has 0 saturated carbocycles. The highest BCUT2D eigenvalue weighted by molar-refractivity contribution is 4.76. The zero-order valence-corrected chi connectivity index (χ0v) is 5.51. The molecule has 2 fully saturated rings. The fourth-order valence-corrected chi connectivity index (χ4v) is 1.55. The smallest absolute Gasteiger partial charge is 0.0833 e. The second kappa shape index (κ2) is 2.27. The minimum Gasteiger partial charge on any atom is -0.376 e. The van der Waals surface area contributed by atoms with E-state index in [1.807, 2.05) is 0 Å². The third-order valence-electron chi connectivity index (χ3n) is 2.07. The van der Waals surface area contributed by atoms with Gasteiger partial charge in [0.05, 0.1) is 18.8 Å².